The quantitative estimate of drug-likeness (QED) is 0.744. The Hall–Kier alpha value is -0.540. The lowest BCUT2D eigenvalue weighted by molar-refractivity contribution is 0.0877. The van der Waals surface area contributed by atoms with Crippen molar-refractivity contribution in [3.05, 3.63) is 18.2 Å². The minimum Gasteiger partial charge on any atom is -0.372 e. The Morgan fingerprint density at radius 2 is 2.47 bits per heavy atom. The summed E-state index contributed by atoms with van der Waals surface area (Å²) in [5.41, 5.74) is 1.16. The molecule has 1 saturated heterocycles. The maximum Gasteiger partial charge on any atom is 0.103 e. The molecule has 0 saturated carbocycles. The SMILES string of the molecule is CC(C)n1cncc1C1OCCC1CCl. The molecule has 0 bridgehead atoms. The van der Waals surface area contributed by atoms with E-state index in [-0.39, 0.29) is 6.10 Å². The Bertz CT molecular complexity index is 324. The fourth-order valence-corrected chi connectivity index (χ4v) is 2.40. The second kappa shape index (κ2) is 4.54. The van der Waals surface area contributed by atoms with Crippen LogP contribution >= 0.6 is 11.6 Å². The molecule has 0 aliphatic carbocycles. The topological polar surface area (TPSA) is 27.1 Å². The van der Waals surface area contributed by atoms with Crippen molar-refractivity contribution in [1.82, 2.24) is 9.55 Å². The van der Waals surface area contributed by atoms with Crippen LogP contribution < -0.4 is 0 Å². The summed E-state index contributed by atoms with van der Waals surface area (Å²) in [6.07, 6.45) is 4.95. The van der Waals surface area contributed by atoms with Gasteiger partial charge in [0.15, 0.2) is 0 Å². The third kappa shape index (κ3) is 2.04. The van der Waals surface area contributed by atoms with Crippen molar-refractivity contribution in [3.8, 4) is 0 Å². The van der Waals surface area contributed by atoms with Crippen molar-refractivity contribution in [3.63, 3.8) is 0 Å². The molecule has 0 N–H and O–H groups in total. The molecular formula is C11H17ClN2O. The van der Waals surface area contributed by atoms with Crippen LogP contribution in [0.3, 0.4) is 0 Å². The molecule has 0 amide bonds. The zero-order valence-electron chi connectivity index (χ0n) is 9.19. The lowest BCUT2D eigenvalue weighted by Crippen LogP contribution is -2.14. The van der Waals surface area contributed by atoms with Crippen molar-refractivity contribution in [2.45, 2.75) is 32.4 Å². The number of hydrogen-bond donors (Lipinski definition) is 0. The lowest BCUT2D eigenvalue weighted by atomic mass is 10.0. The van der Waals surface area contributed by atoms with Gasteiger partial charge in [0, 0.05) is 24.4 Å². The van der Waals surface area contributed by atoms with Crippen molar-refractivity contribution in [2.24, 2.45) is 5.92 Å². The van der Waals surface area contributed by atoms with Crippen molar-refractivity contribution in [2.75, 3.05) is 12.5 Å². The Balaban J connectivity index is 2.24. The molecule has 1 aromatic rings. The second-order valence-corrected chi connectivity index (χ2v) is 4.62. The Morgan fingerprint density at radius 1 is 1.67 bits per heavy atom. The van der Waals surface area contributed by atoms with E-state index in [0.717, 1.165) is 18.7 Å². The average Bonchev–Trinajstić information content (AvgIpc) is 2.85. The number of ether oxygens (including phenoxy) is 1. The molecule has 1 aromatic heterocycles. The van der Waals surface area contributed by atoms with E-state index >= 15 is 0 Å². The first-order chi connectivity index (χ1) is 7.24. The summed E-state index contributed by atoms with van der Waals surface area (Å²) >= 11 is 5.94. The van der Waals surface area contributed by atoms with Crippen LogP contribution in [-0.2, 0) is 4.74 Å². The van der Waals surface area contributed by atoms with Crippen LogP contribution in [0.25, 0.3) is 0 Å². The summed E-state index contributed by atoms with van der Waals surface area (Å²) in [5, 5.41) is 0. The van der Waals surface area contributed by atoms with Crippen LogP contribution in [-0.4, -0.2) is 22.0 Å². The van der Waals surface area contributed by atoms with Gasteiger partial charge >= 0.3 is 0 Å². The van der Waals surface area contributed by atoms with Crippen LogP contribution in [0.15, 0.2) is 12.5 Å². The van der Waals surface area contributed by atoms with Crippen molar-refractivity contribution < 1.29 is 4.74 Å². The predicted octanol–water partition coefficient (Wildman–Crippen LogP) is 2.78. The summed E-state index contributed by atoms with van der Waals surface area (Å²) < 4.78 is 7.91. The number of nitrogens with zero attached hydrogens (tertiary/aromatic N) is 2. The maximum absolute atomic E-state index is 5.94. The lowest BCUT2D eigenvalue weighted by Gasteiger charge is -2.20. The second-order valence-electron chi connectivity index (χ2n) is 4.31. The van der Waals surface area contributed by atoms with E-state index in [1.165, 1.54) is 0 Å². The zero-order chi connectivity index (χ0) is 10.8. The predicted molar refractivity (Wildman–Crippen MR) is 60.1 cm³/mol. The third-order valence-corrected chi connectivity index (χ3v) is 3.35. The van der Waals surface area contributed by atoms with E-state index in [1.807, 2.05) is 12.5 Å². The minimum atomic E-state index is 0.132. The van der Waals surface area contributed by atoms with Gasteiger partial charge in [-0.3, -0.25) is 0 Å². The van der Waals surface area contributed by atoms with Gasteiger partial charge in [-0.05, 0) is 20.3 Å². The summed E-state index contributed by atoms with van der Waals surface area (Å²) in [6.45, 7) is 5.11. The molecule has 0 spiro atoms. The summed E-state index contributed by atoms with van der Waals surface area (Å²) in [6, 6.07) is 0.419. The van der Waals surface area contributed by atoms with Crippen molar-refractivity contribution in [1.29, 1.82) is 0 Å². The monoisotopic (exact) mass is 228 g/mol. The number of aromatic nitrogens is 2. The molecule has 84 valence electrons. The summed E-state index contributed by atoms with van der Waals surface area (Å²) in [5.74, 6) is 1.09. The van der Waals surface area contributed by atoms with Gasteiger partial charge in [0.05, 0.1) is 18.2 Å². The molecule has 2 atom stereocenters. The highest BCUT2D eigenvalue weighted by Crippen LogP contribution is 2.35. The first-order valence-electron chi connectivity index (χ1n) is 5.43. The summed E-state index contributed by atoms with van der Waals surface area (Å²) in [4.78, 5) is 4.20. The molecule has 4 heteroatoms. The zero-order valence-corrected chi connectivity index (χ0v) is 9.94. The first-order valence-corrected chi connectivity index (χ1v) is 5.96. The highest BCUT2D eigenvalue weighted by molar-refractivity contribution is 6.18. The third-order valence-electron chi connectivity index (χ3n) is 2.96. The van der Waals surface area contributed by atoms with Crippen molar-refractivity contribution >= 4 is 11.6 Å². The Morgan fingerprint density at radius 3 is 3.13 bits per heavy atom. The molecule has 1 fully saturated rings. The number of rotatable bonds is 3. The number of alkyl halides is 1. The fraction of sp³-hybridized carbons (Fsp3) is 0.727. The van der Waals surface area contributed by atoms with E-state index in [1.54, 1.807) is 0 Å². The fourth-order valence-electron chi connectivity index (χ4n) is 2.09. The van der Waals surface area contributed by atoms with Crippen LogP contribution in [0.2, 0.25) is 0 Å². The standard InChI is InChI=1S/C11H17ClN2O/c1-8(2)14-7-13-6-10(14)11-9(5-12)3-4-15-11/h6-9,11H,3-5H2,1-2H3. The summed E-state index contributed by atoms with van der Waals surface area (Å²) in [7, 11) is 0. The highest BCUT2D eigenvalue weighted by atomic mass is 35.5. The van der Waals surface area contributed by atoms with Gasteiger partial charge in [0.2, 0.25) is 0 Å². The van der Waals surface area contributed by atoms with Gasteiger partial charge < -0.3 is 9.30 Å². The number of halogens is 1. The number of hydrogen-bond acceptors (Lipinski definition) is 2. The molecular weight excluding hydrogens is 212 g/mol. The molecule has 2 heterocycles. The van der Waals surface area contributed by atoms with Gasteiger partial charge in [-0.2, -0.15) is 0 Å². The largest absolute Gasteiger partial charge is 0.372 e. The number of imidazole rings is 1. The molecule has 2 unspecified atom stereocenters. The normalized spacial score (nSPS) is 26.4. The average molecular weight is 229 g/mol. The molecule has 15 heavy (non-hydrogen) atoms. The van der Waals surface area contributed by atoms with Gasteiger partial charge in [-0.1, -0.05) is 0 Å². The van der Waals surface area contributed by atoms with Crippen LogP contribution in [0, 0.1) is 5.92 Å². The van der Waals surface area contributed by atoms with Crippen LogP contribution in [0.5, 0.6) is 0 Å². The van der Waals surface area contributed by atoms with Gasteiger partial charge in [-0.25, -0.2) is 4.98 Å². The molecule has 3 nitrogen and oxygen atoms in total. The maximum atomic E-state index is 5.94. The minimum absolute atomic E-state index is 0.132. The van der Waals surface area contributed by atoms with E-state index in [4.69, 9.17) is 16.3 Å². The molecule has 0 aromatic carbocycles. The Kier molecular flexibility index (Phi) is 3.32. The van der Waals surface area contributed by atoms with E-state index < -0.39 is 0 Å². The van der Waals surface area contributed by atoms with Gasteiger partial charge in [0.25, 0.3) is 0 Å². The molecule has 2 rings (SSSR count). The van der Waals surface area contributed by atoms with Crippen LogP contribution in [0.4, 0.5) is 0 Å². The van der Waals surface area contributed by atoms with E-state index in [2.05, 4.69) is 23.4 Å². The van der Waals surface area contributed by atoms with E-state index in [9.17, 15) is 0 Å². The molecule has 1 aliphatic rings. The first kappa shape index (κ1) is 11.0. The molecule has 0 radical (unpaired) electrons. The van der Waals surface area contributed by atoms with Crippen LogP contribution in [0.1, 0.15) is 38.1 Å². The van der Waals surface area contributed by atoms with E-state index in [0.29, 0.717) is 17.8 Å². The highest BCUT2D eigenvalue weighted by Gasteiger charge is 2.31. The Labute approximate surface area is 95.4 Å². The van der Waals surface area contributed by atoms with Gasteiger partial charge in [0.1, 0.15) is 6.10 Å². The van der Waals surface area contributed by atoms with Gasteiger partial charge in [-0.15, -0.1) is 11.6 Å². The molecule has 1 aliphatic heterocycles. The smallest absolute Gasteiger partial charge is 0.103 e.